The van der Waals surface area contributed by atoms with Gasteiger partial charge in [0.15, 0.2) is 7.38 Å². The molecule has 0 spiro atoms. The predicted octanol–water partition coefficient (Wildman–Crippen LogP) is 2.37. The largest absolute Gasteiger partial charge is 0.167 e. The van der Waals surface area contributed by atoms with Crippen LogP contribution in [0.2, 0.25) is 18.6 Å². The van der Waals surface area contributed by atoms with E-state index in [1.54, 1.807) is 0 Å². The molecule has 0 N–H and O–H groups in total. The lowest BCUT2D eigenvalue weighted by atomic mass is 10.6. The molecule has 1 aliphatic rings. The van der Waals surface area contributed by atoms with E-state index in [1.807, 2.05) is 0 Å². The molecule has 0 aromatic carbocycles. The van der Waals surface area contributed by atoms with Gasteiger partial charge in [-0.05, 0) is 12.1 Å². The van der Waals surface area contributed by atoms with Crippen LogP contribution >= 0.6 is 11.1 Å². The van der Waals surface area contributed by atoms with Gasteiger partial charge in [-0.2, -0.15) is 11.1 Å². The first-order valence-corrected chi connectivity index (χ1v) is 6.47. The Balaban J connectivity index is 2.49. The molecule has 0 amide bonds. The third-order valence-corrected chi connectivity index (χ3v) is 4.35. The lowest BCUT2D eigenvalue weighted by Crippen LogP contribution is -2.14. The summed E-state index contributed by atoms with van der Waals surface area (Å²) in [5.41, 5.74) is 0. The third kappa shape index (κ3) is 1.32. The van der Waals surface area contributed by atoms with Crippen LogP contribution in [0.25, 0.3) is 0 Å². The molecule has 0 aliphatic carbocycles. The number of hydrogen-bond donors (Lipinski definition) is 0. The van der Waals surface area contributed by atoms with Crippen LogP contribution in [0.3, 0.4) is 0 Å². The molecule has 0 saturated heterocycles. The van der Waals surface area contributed by atoms with Crippen molar-refractivity contribution in [2.24, 2.45) is 0 Å². The van der Waals surface area contributed by atoms with Crippen LogP contribution in [0.4, 0.5) is 0 Å². The fourth-order valence-corrected chi connectivity index (χ4v) is 2.76. The standard InChI is InChI=1S/C5H9ClSi/c1-7(6)4-2-3-5-7/h2-3H,4-5H2,1H3. The Morgan fingerprint density at radius 3 is 2.00 bits per heavy atom. The van der Waals surface area contributed by atoms with Gasteiger partial charge >= 0.3 is 0 Å². The van der Waals surface area contributed by atoms with E-state index < -0.39 is 7.38 Å². The van der Waals surface area contributed by atoms with Crippen LogP contribution in [-0.2, 0) is 0 Å². The van der Waals surface area contributed by atoms with Crippen molar-refractivity contribution < 1.29 is 0 Å². The Labute approximate surface area is 49.9 Å². The minimum atomic E-state index is -1.18. The van der Waals surface area contributed by atoms with E-state index in [4.69, 9.17) is 11.1 Å². The molecule has 1 heterocycles. The van der Waals surface area contributed by atoms with Crippen LogP contribution in [-0.4, -0.2) is 7.38 Å². The van der Waals surface area contributed by atoms with Gasteiger partial charge in [-0.3, -0.25) is 0 Å². The second-order valence-electron chi connectivity index (χ2n) is 2.29. The summed E-state index contributed by atoms with van der Waals surface area (Å²) in [6.45, 7) is 2.20. The minimum Gasteiger partial charge on any atom is -0.167 e. The first-order valence-electron chi connectivity index (χ1n) is 2.55. The van der Waals surface area contributed by atoms with Gasteiger partial charge < -0.3 is 0 Å². The van der Waals surface area contributed by atoms with Crippen LogP contribution in [0, 0.1) is 0 Å². The van der Waals surface area contributed by atoms with Gasteiger partial charge in [-0.15, -0.1) is 0 Å². The van der Waals surface area contributed by atoms with E-state index >= 15 is 0 Å². The van der Waals surface area contributed by atoms with Crippen molar-refractivity contribution >= 4 is 18.5 Å². The van der Waals surface area contributed by atoms with E-state index in [1.165, 1.54) is 12.1 Å². The molecule has 0 saturated carbocycles. The van der Waals surface area contributed by atoms with Crippen molar-refractivity contribution in [3.05, 3.63) is 12.2 Å². The van der Waals surface area contributed by atoms with Crippen molar-refractivity contribution in [3.8, 4) is 0 Å². The summed E-state index contributed by atoms with van der Waals surface area (Å²) in [5.74, 6) is 0. The Kier molecular flexibility index (Phi) is 1.26. The van der Waals surface area contributed by atoms with Crippen LogP contribution in [0.15, 0.2) is 12.2 Å². The highest BCUT2D eigenvalue weighted by molar-refractivity contribution is 7.20. The first-order chi connectivity index (χ1) is 3.21. The molecule has 0 aromatic heterocycles. The number of allylic oxidation sites excluding steroid dienone is 2. The second kappa shape index (κ2) is 1.64. The molecule has 0 nitrogen and oxygen atoms in total. The highest BCUT2D eigenvalue weighted by Crippen LogP contribution is 2.26. The Hall–Kier alpha value is 0.247. The minimum absolute atomic E-state index is 1.18. The van der Waals surface area contributed by atoms with E-state index in [0.717, 1.165) is 0 Å². The molecule has 0 bridgehead atoms. The van der Waals surface area contributed by atoms with E-state index in [2.05, 4.69) is 18.7 Å². The lowest BCUT2D eigenvalue weighted by Gasteiger charge is -2.06. The average Bonchev–Trinajstić information content (AvgIpc) is 1.84. The van der Waals surface area contributed by atoms with Crippen LogP contribution in [0.1, 0.15) is 0 Å². The third-order valence-electron chi connectivity index (χ3n) is 1.25. The maximum absolute atomic E-state index is 6.04. The van der Waals surface area contributed by atoms with Gasteiger partial charge in [0.05, 0.1) is 0 Å². The van der Waals surface area contributed by atoms with E-state index in [0.29, 0.717) is 0 Å². The van der Waals surface area contributed by atoms with Crippen molar-refractivity contribution in [1.82, 2.24) is 0 Å². The van der Waals surface area contributed by atoms with Gasteiger partial charge in [0, 0.05) is 0 Å². The topological polar surface area (TPSA) is 0 Å². The smallest absolute Gasteiger partial charge is 0.160 e. The predicted molar refractivity (Wildman–Crippen MR) is 36.2 cm³/mol. The number of halogens is 1. The second-order valence-corrected chi connectivity index (χ2v) is 8.67. The molecule has 40 valence electrons. The summed E-state index contributed by atoms with van der Waals surface area (Å²) in [6.07, 6.45) is 4.39. The molecular formula is C5H9ClSi. The van der Waals surface area contributed by atoms with Gasteiger partial charge in [0.1, 0.15) is 0 Å². The molecule has 2 heteroatoms. The van der Waals surface area contributed by atoms with E-state index in [9.17, 15) is 0 Å². The van der Waals surface area contributed by atoms with Gasteiger partial charge in [0.2, 0.25) is 0 Å². The van der Waals surface area contributed by atoms with Crippen molar-refractivity contribution in [2.75, 3.05) is 0 Å². The molecule has 0 atom stereocenters. The molecule has 7 heavy (non-hydrogen) atoms. The maximum Gasteiger partial charge on any atom is 0.160 e. The molecule has 1 rings (SSSR count). The van der Waals surface area contributed by atoms with Crippen molar-refractivity contribution in [1.29, 1.82) is 0 Å². The highest BCUT2D eigenvalue weighted by atomic mass is 35.6. The van der Waals surface area contributed by atoms with Crippen LogP contribution in [0.5, 0.6) is 0 Å². The van der Waals surface area contributed by atoms with Crippen molar-refractivity contribution in [3.63, 3.8) is 0 Å². The van der Waals surface area contributed by atoms with E-state index in [-0.39, 0.29) is 0 Å². The monoisotopic (exact) mass is 132 g/mol. The normalized spacial score (nSPS) is 26.0. The number of rotatable bonds is 0. The zero-order valence-corrected chi connectivity index (χ0v) is 6.20. The Morgan fingerprint density at radius 2 is 1.86 bits per heavy atom. The first kappa shape index (κ1) is 5.38. The summed E-state index contributed by atoms with van der Waals surface area (Å²) < 4.78 is 0. The molecule has 1 aliphatic heterocycles. The summed E-state index contributed by atoms with van der Waals surface area (Å²) in [5, 5.41) is 0. The maximum atomic E-state index is 6.04. The fourth-order valence-electron chi connectivity index (χ4n) is 0.741. The average molecular weight is 133 g/mol. The number of hydrogen-bond acceptors (Lipinski definition) is 0. The molecule has 0 fully saturated rings. The molecule has 0 radical (unpaired) electrons. The molecule has 0 unspecified atom stereocenters. The van der Waals surface area contributed by atoms with Crippen molar-refractivity contribution in [2.45, 2.75) is 18.6 Å². The SMILES string of the molecule is C[Si]1(Cl)CC=CC1. The zero-order valence-electron chi connectivity index (χ0n) is 4.45. The summed E-state index contributed by atoms with van der Waals surface area (Å²) in [6, 6.07) is 2.35. The summed E-state index contributed by atoms with van der Waals surface area (Å²) in [4.78, 5) is 0. The molecule has 0 aromatic rings. The fraction of sp³-hybridized carbons (Fsp3) is 0.600. The highest BCUT2D eigenvalue weighted by Gasteiger charge is 2.24. The molecular weight excluding hydrogens is 124 g/mol. The Bertz CT molecular complexity index is 86.3. The van der Waals surface area contributed by atoms with Gasteiger partial charge in [-0.25, -0.2) is 0 Å². The van der Waals surface area contributed by atoms with Crippen LogP contribution < -0.4 is 0 Å². The Morgan fingerprint density at radius 1 is 1.43 bits per heavy atom. The quantitative estimate of drug-likeness (QED) is 0.270. The van der Waals surface area contributed by atoms with Gasteiger partial charge in [-0.1, -0.05) is 18.7 Å². The van der Waals surface area contributed by atoms with Gasteiger partial charge in [0.25, 0.3) is 0 Å². The lowest BCUT2D eigenvalue weighted by molar-refractivity contribution is 1.63. The zero-order chi connectivity index (χ0) is 5.33. The summed E-state index contributed by atoms with van der Waals surface area (Å²) in [7, 11) is -1.18. The summed E-state index contributed by atoms with van der Waals surface area (Å²) >= 11 is 6.04.